The second-order valence-electron chi connectivity index (χ2n) is 6.91. The van der Waals surface area contributed by atoms with Gasteiger partial charge >= 0.3 is 0 Å². The summed E-state index contributed by atoms with van der Waals surface area (Å²) in [5, 5.41) is 2.66. The van der Waals surface area contributed by atoms with Gasteiger partial charge < -0.3 is 20.5 Å². The van der Waals surface area contributed by atoms with Crippen LogP contribution in [0.2, 0.25) is 0 Å². The normalized spacial score (nSPS) is 23.6. The Balaban J connectivity index is 1.94. The lowest BCUT2D eigenvalue weighted by molar-refractivity contribution is -0.127. The number of halogens is 2. The van der Waals surface area contributed by atoms with E-state index in [1.165, 1.54) is 31.5 Å². The van der Waals surface area contributed by atoms with E-state index in [0.29, 0.717) is 11.3 Å². The fourth-order valence-electron chi connectivity index (χ4n) is 3.55. The lowest BCUT2D eigenvalue weighted by atomic mass is 9.82. The van der Waals surface area contributed by atoms with Crippen LogP contribution in [0.5, 0.6) is 5.75 Å². The van der Waals surface area contributed by atoms with E-state index in [0.717, 1.165) is 6.07 Å². The van der Waals surface area contributed by atoms with E-state index in [2.05, 4.69) is 10.3 Å². The number of primary amides is 1. The molecule has 0 spiro atoms. The third-order valence-corrected chi connectivity index (χ3v) is 5.18. The van der Waals surface area contributed by atoms with E-state index in [4.69, 9.17) is 15.2 Å². The Kier molecular flexibility index (Phi) is 5.78. The molecule has 0 saturated carbocycles. The molecule has 2 heterocycles. The first-order chi connectivity index (χ1) is 13.7. The summed E-state index contributed by atoms with van der Waals surface area (Å²) in [5.41, 5.74) is 5.86. The molecule has 2 amide bonds. The van der Waals surface area contributed by atoms with Crippen molar-refractivity contribution in [1.82, 2.24) is 4.98 Å². The van der Waals surface area contributed by atoms with Crippen LogP contribution in [-0.4, -0.2) is 36.1 Å². The monoisotopic (exact) mass is 405 g/mol. The highest BCUT2D eigenvalue weighted by Gasteiger charge is 2.46. The Labute approximate surface area is 166 Å². The molecular formula is C20H21F2N3O4. The predicted molar refractivity (Wildman–Crippen MR) is 101 cm³/mol. The molecule has 3 rings (SSSR count). The summed E-state index contributed by atoms with van der Waals surface area (Å²) in [6.45, 7) is 3.66. The van der Waals surface area contributed by atoms with Crippen molar-refractivity contribution < 1.29 is 27.8 Å². The molecular weight excluding hydrogens is 384 g/mol. The molecule has 1 aromatic carbocycles. The summed E-state index contributed by atoms with van der Waals surface area (Å²) in [5.74, 6) is -4.39. The van der Waals surface area contributed by atoms with Gasteiger partial charge in [-0.25, -0.2) is 4.39 Å². The molecule has 3 N–H and O–H groups in total. The highest BCUT2D eigenvalue weighted by molar-refractivity contribution is 5.97. The summed E-state index contributed by atoms with van der Waals surface area (Å²) >= 11 is 0. The second kappa shape index (κ2) is 8.12. The first-order valence-corrected chi connectivity index (χ1v) is 8.98. The maximum Gasteiger partial charge on any atom is 0.267 e. The minimum atomic E-state index is -1.11. The van der Waals surface area contributed by atoms with E-state index in [9.17, 15) is 18.4 Å². The number of benzene rings is 1. The van der Waals surface area contributed by atoms with Crippen LogP contribution in [0.1, 0.15) is 35.8 Å². The Morgan fingerprint density at radius 3 is 2.62 bits per heavy atom. The number of carbonyl (C=O) groups excluding carboxylic acids is 2. The number of rotatable bonds is 5. The summed E-state index contributed by atoms with van der Waals surface area (Å²) < 4.78 is 38.8. The number of ether oxygens (including phenoxy) is 2. The van der Waals surface area contributed by atoms with Gasteiger partial charge in [0.15, 0.2) is 11.6 Å². The van der Waals surface area contributed by atoms with E-state index >= 15 is 0 Å². The molecule has 1 aromatic heterocycles. The molecule has 29 heavy (non-hydrogen) atoms. The van der Waals surface area contributed by atoms with Gasteiger partial charge in [0, 0.05) is 23.4 Å². The molecule has 0 aliphatic carbocycles. The summed E-state index contributed by atoms with van der Waals surface area (Å²) in [6, 6.07) is 5.24. The molecule has 7 nitrogen and oxygen atoms in total. The second-order valence-corrected chi connectivity index (χ2v) is 6.91. The van der Waals surface area contributed by atoms with Crippen LogP contribution in [0.25, 0.3) is 0 Å². The highest BCUT2D eigenvalue weighted by Crippen LogP contribution is 2.44. The first-order valence-electron chi connectivity index (χ1n) is 8.98. The maximum atomic E-state index is 14.2. The van der Waals surface area contributed by atoms with Crippen molar-refractivity contribution in [3.8, 4) is 5.75 Å². The average Bonchev–Trinajstić information content (AvgIpc) is 2.99. The maximum absolute atomic E-state index is 14.2. The largest absolute Gasteiger partial charge is 0.493 e. The van der Waals surface area contributed by atoms with Crippen molar-refractivity contribution >= 4 is 17.5 Å². The highest BCUT2D eigenvalue weighted by atomic mass is 19.2. The van der Waals surface area contributed by atoms with Crippen LogP contribution in [0.4, 0.5) is 14.5 Å². The number of pyridine rings is 1. The number of aromatic nitrogens is 1. The number of methoxy groups -OCH3 is 1. The summed E-state index contributed by atoms with van der Waals surface area (Å²) in [4.78, 5) is 28.1. The molecule has 1 aliphatic rings. The van der Waals surface area contributed by atoms with Crippen molar-refractivity contribution in [2.24, 2.45) is 11.7 Å². The molecule has 4 atom stereocenters. The Bertz CT molecular complexity index is 953. The zero-order valence-corrected chi connectivity index (χ0v) is 16.1. The Hall–Kier alpha value is -3.07. The van der Waals surface area contributed by atoms with Crippen LogP contribution < -0.4 is 15.8 Å². The lowest BCUT2D eigenvalue weighted by Crippen LogP contribution is -2.33. The topological polar surface area (TPSA) is 104 Å². The SMILES string of the molecule is COc1c(C2C(C(=O)Nc3ccnc(C(N)=O)c3)O[C@H](C)[C@@H]2C)ccc(F)c1F. The van der Waals surface area contributed by atoms with Gasteiger partial charge in [-0.2, -0.15) is 4.39 Å². The Morgan fingerprint density at radius 1 is 1.24 bits per heavy atom. The minimum Gasteiger partial charge on any atom is -0.493 e. The zero-order valence-electron chi connectivity index (χ0n) is 16.1. The number of hydrogen-bond acceptors (Lipinski definition) is 5. The van der Waals surface area contributed by atoms with Crippen LogP contribution in [-0.2, 0) is 9.53 Å². The quantitative estimate of drug-likeness (QED) is 0.796. The van der Waals surface area contributed by atoms with Crippen molar-refractivity contribution in [3.05, 3.63) is 53.4 Å². The van der Waals surface area contributed by atoms with Crippen molar-refractivity contribution in [1.29, 1.82) is 0 Å². The lowest BCUT2D eigenvalue weighted by Gasteiger charge is -2.23. The van der Waals surface area contributed by atoms with E-state index in [1.807, 2.05) is 6.92 Å². The molecule has 1 saturated heterocycles. The smallest absolute Gasteiger partial charge is 0.267 e. The van der Waals surface area contributed by atoms with E-state index in [-0.39, 0.29) is 23.5 Å². The number of anilines is 1. The van der Waals surface area contributed by atoms with Gasteiger partial charge in [0.2, 0.25) is 5.82 Å². The van der Waals surface area contributed by atoms with Crippen LogP contribution in [0.15, 0.2) is 30.5 Å². The molecule has 0 radical (unpaired) electrons. The zero-order chi connectivity index (χ0) is 21.3. The number of nitrogens with zero attached hydrogens (tertiary/aromatic N) is 1. The van der Waals surface area contributed by atoms with Gasteiger partial charge in [-0.05, 0) is 31.0 Å². The molecule has 1 fully saturated rings. The number of carbonyl (C=O) groups is 2. The third-order valence-electron chi connectivity index (χ3n) is 5.18. The molecule has 0 bridgehead atoms. The first kappa shape index (κ1) is 20.7. The predicted octanol–water partition coefficient (Wildman–Crippen LogP) is 2.61. The average molecular weight is 405 g/mol. The van der Waals surface area contributed by atoms with Crippen LogP contribution in [0, 0.1) is 17.6 Å². The van der Waals surface area contributed by atoms with Gasteiger partial charge in [-0.3, -0.25) is 14.6 Å². The van der Waals surface area contributed by atoms with Gasteiger partial charge in [0.05, 0.1) is 13.2 Å². The summed E-state index contributed by atoms with van der Waals surface area (Å²) in [7, 11) is 1.24. The molecule has 9 heteroatoms. The van der Waals surface area contributed by atoms with E-state index in [1.54, 1.807) is 6.92 Å². The van der Waals surface area contributed by atoms with E-state index < -0.39 is 35.5 Å². The van der Waals surface area contributed by atoms with Gasteiger partial charge in [-0.15, -0.1) is 0 Å². The fraction of sp³-hybridized carbons (Fsp3) is 0.350. The third kappa shape index (κ3) is 3.91. The van der Waals surface area contributed by atoms with Crippen LogP contribution >= 0.6 is 0 Å². The number of nitrogens with two attached hydrogens (primary N) is 1. The van der Waals surface area contributed by atoms with Crippen LogP contribution in [0.3, 0.4) is 0 Å². The molecule has 2 aromatic rings. The van der Waals surface area contributed by atoms with Crippen molar-refractivity contribution in [2.75, 3.05) is 12.4 Å². The Morgan fingerprint density at radius 2 is 1.97 bits per heavy atom. The van der Waals surface area contributed by atoms with Gasteiger partial charge in [0.1, 0.15) is 11.8 Å². The minimum absolute atomic E-state index is 0.00398. The molecule has 2 unspecified atom stereocenters. The number of hydrogen-bond donors (Lipinski definition) is 2. The molecule has 154 valence electrons. The number of amides is 2. The number of nitrogens with one attached hydrogen (secondary N) is 1. The van der Waals surface area contributed by atoms with Gasteiger partial charge in [0.25, 0.3) is 11.8 Å². The van der Waals surface area contributed by atoms with Crippen molar-refractivity contribution in [3.63, 3.8) is 0 Å². The summed E-state index contributed by atoms with van der Waals surface area (Å²) in [6.07, 6.45) is 0.0444. The van der Waals surface area contributed by atoms with Gasteiger partial charge in [-0.1, -0.05) is 13.0 Å². The van der Waals surface area contributed by atoms with Crippen molar-refractivity contribution in [2.45, 2.75) is 32.0 Å². The fourth-order valence-corrected chi connectivity index (χ4v) is 3.55. The standard InChI is InChI=1S/C20H21F2N3O4/c1-9-10(2)29-18(15(9)12-4-5-13(21)16(22)17(12)28-3)20(27)25-11-6-7-24-14(8-11)19(23)26/h4-10,15,18H,1-3H3,(H2,23,26)(H,24,25,27)/t9-,10+,15?,18?/m0/s1. The molecule has 1 aliphatic heterocycles.